The molecule has 2 N–H and O–H groups in total. The van der Waals surface area contributed by atoms with E-state index in [0.717, 1.165) is 11.1 Å². The van der Waals surface area contributed by atoms with Crippen LogP contribution in [0, 0.1) is 0 Å². The number of carbonyl (C=O) groups is 3. The number of hydrogen-bond acceptors (Lipinski definition) is 4. The average Bonchev–Trinajstić information content (AvgIpc) is 3.23. The molecule has 0 aromatic heterocycles. The van der Waals surface area contributed by atoms with Crippen LogP contribution in [-0.2, 0) is 16.0 Å². The highest BCUT2D eigenvalue weighted by Gasteiger charge is 2.48. The van der Waals surface area contributed by atoms with Crippen molar-refractivity contribution in [3.63, 3.8) is 0 Å². The van der Waals surface area contributed by atoms with E-state index in [2.05, 4.69) is 5.32 Å². The number of rotatable bonds is 5. The molecule has 0 aliphatic carbocycles. The third kappa shape index (κ3) is 3.19. The van der Waals surface area contributed by atoms with Crippen molar-refractivity contribution in [3.05, 3.63) is 71.3 Å². The van der Waals surface area contributed by atoms with Crippen molar-refractivity contribution in [2.45, 2.75) is 23.9 Å². The van der Waals surface area contributed by atoms with Crippen LogP contribution in [0.3, 0.4) is 0 Å². The number of benzene rings is 2. The predicted molar refractivity (Wildman–Crippen MR) is 101 cm³/mol. The van der Waals surface area contributed by atoms with Gasteiger partial charge in [0.2, 0.25) is 5.91 Å². The lowest BCUT2D eigenvalue weighted by Gasteiger charge is -2.24. The molecule has 2 aromatic rings. The van der Waals surface area contributed by atoms with Crippen LogP contribution in [0.5, 0.6) is 0 Å². The Balaban J connectivity index is 1.50. The SMILES string of the molecule is O=C(O)[C@H](Cc1ccccc1)NC(=O)[C@@H]1CS[C@@H]2c3ccccc3C(=O)N21. The molecular weight excluding hydrogens is 364 g/mol. The minimum Gasteiger partial charge on any atom is -0.480 e. The average molecular weight is 382 g/mol. The number of thioether (sulfide) groups is 1. The second kappa shape index (κ2) is 7.08. The maximum atomic E-state index is 12.8. The molecule has 0 radical (unpaired) electrons. The highest BCUT2D eigenvalue weighted by molar-refractivity contribution is 7.99. The highest BCUT2D eigenvalue weighted by atomic mass is 32.2. The monoisotopic (exact) mass is 382 g/mol. The van der Waals surface area contributed by atoms with E-state index >= 15 is 0 Å². The highest BCUT2D eigenvalue weighted by Crippen LogP contribution is 2.48. The summed E-state index contributed by atoms with van der Waals surface area (Å²) in [4.78, 5) is 38.7. The first-order chi connectivity index (χ1) is 13.1. The normalized spacial score (nSPS) is 21.5. The van der Waals surface area contributed by atoms with Crippen molar-refractivity contribution in [2.24, 2.45) is 0 Å². The van der Waals surface area contributed by atoms with Crippen molar-refractivity contribution in [3.8, 4) is 0 Å². The first kappa shape index (κ1) is 17.6. The molecule has 7 heteroatoms. The second-order valence-electron chi connectivity index (χ2n) is 6.59. The zero-order valence-corrected chi connectivity index (χ0v) is 15.2. The van der Waals surface area contributed by atoms with Gasteiger partial charge in [0.15, 0.2) is 0 Å². The summed E-state index contributed by atoms with van der Waals surface area (Å²) in [5, 5.41) is 11.9. The molecule has 27 heavy (non-hydrogen) atoms. The summed E-state index contributed by atoms with van der Waals surface area (Å²) < 4.78 is 0. The maximum Gasteiger partial charge on any atom is 0.326 e. The predicted octanol–water partition coefficient (Wildman–Crippen LogP) is 2.07. The Kier molecular flexibility index (Phi) is 4.61. The van der Waals surface area contributed by atoms with Crippen LogP contribution in [0.2, 0.25) is 0 Å². The zero-order valence-electron chi connectivity index (χ0n) is 14.4. The number of carboxylic acid groups (broad SMARTS) is 1. The summed E-state index contributed by atoms with van der Waals surface area (Å²) in [6.07, 6.45) is 0.194. The van der Waals surface area contributed by atoms with Crippen LogP contribution in [0.1, 0.15) is 26.9 Å². The molecule has 1 saturated heterocycles. The quantitative estimate of drug-likeness (QED) is 0.827. The van der Waals surface area contributed by atoms with Gasteiger partial charge in [0, 0.05) is 17.7 Å². The van der Waals surface area contributed by atoms with Gasteiger partial charge in [-0.25, -0.2) is 4.79 Å². The Labute approximate surface area is 160 Å². The fourth-order valence-electron chi connectivity index (χ4n) is 3.56. The van der Waals surface area contributed by atoms with Gasteiger partial charge in [-0.2, -0.15) is 0 Å². The standard InChI is InChI=1S/C20H18N2O4S/c23-17(21-15(20(25)26)10-12-6-2-1-3-7-12)16-11-27-19-14-9-5-4-8-13(14)18(24)22(16)19/h1-9,15-16,19H,10-11H2,(H,21,23)(H,25,26)/t15-,16-,19+/m0/s1. The fraction of sp³-hybridized carbons (Fsp3) is 0.250. The van der Waals surface area contributed by atoms with Gasteiger partial charge >= 0.3 is 5.97 Å². The van der Waals surface area contributed by atoms with Crippen LogP contribution in [-0.4, -0.2) is 45.6 Å². The van der Waals surface area contributed by atoms with E-state index in [-0.39, 0.29) is 17.7 Å². The molecule has 2 amide bonds. The van der Waals surface area contributed by atoms with Crippen molar-refractivity contribution >= 4 is 29.5 Å². The van der Waals surface area contributed by atoms with Crippen LogP contribution >= 0.6 is 11.8 Å². The molecule has 138 valence electrons. The number of fused-ring (bicyclic) bond motifs is 3. The molecule has 0 unspecified atom stereocenters. The number of nitrogens with one attached hydrogen (secondary N) is 1. The summed E-state index contributed by atoms with van der Waals surface area (Å²) in [6.45, 7) is 0. The maximum absolute atomic E-state index is 12.8. The van der Waals surface area contributed by atoms with Crippen LogP contribution in [0.4, 0.5) is 0 Å². The Morgan fingerprint density at radius 1 is 1.15 bits per heavy atom. The lowest BCUT2D eigenvalue weighted by Crippen LogP contribution is -2.51. The molecule has 0 bridgehead atoms. The number of hydrogen-bond donors (Lipinski definition) is 2. The number of carbonyl (C=O) groups excluding carboxylic acids is 2. The van der Waals surface area contributed by atoms with E-state index < -0.39 is 24.0 Å². The third-order valence-electron chi connectivity index (χ3n) is 4.89. The van der Waals surface area contributed by atoms with Gasteiger partial charge in [-0.3, -0.25) is 9.59 Å². The first-order valence-corrected chi connectivity index (χ1v) is 9.71. The minimum atomic E-state index is -1.09. The van der Waals surface area contributed by atoms with Crippen LogP contribution < -0.4 is 5.32 Å². The Bertz CT molecular complexity index is 902. The first-order valence-electron chi connectivity index (χ1n) is 8.66. The third-order valence-corrected chi connectivity index (χ3v) is 6.20. The number of nitrogens with zero attached hydrogens (tertiary/aromatic N) is 1. The van der Waals surface area contributed by atoms with E-state index in [1.54, 1.807) is 17.0 Å². The van der Waals surface area contributed by atoms with Gasteiger partial charge < -0.3 is 15.3 Å². The largest absolute Gasteiger partial charge is 0.480 e. The summed E-state index contributed by atoms with van der Waals surface area (Å²) in [5.74, 6) is -1.23. The number of amides is 2. The van der Waals surface area contributed by atoms with E-state index in [0.29, 0.717) is 11.3 Å². The molecule has 1 fully saturated rings. The fourth-order valence-corrected chi connectivity index (χ4v) is 5.02. The van der Waals surface area contributed by atoms with Crippen molar-refractivity contribution in [1.82, 2.24) is 10.2 Å². The van der Waals surface area contributed by atoms with E-state index in [9.17, 15) is 19.5 Å². The van der Waals surface area contributed by atoms with E-state index in [1.807, 2.05) is 42.5 Å². The molecule has 2 heterocycles. The van der Waals surface area contributed by atoms with Gasteiger partial charge in [-0.1, -0.05) is 48.5 Å². The van der Waals surface area contributed by atoms with Crippen LogP contribution in [0.25, 0.3) is 0 Å². The van der Waals surface area contributed by atoms with E-state index in [1.165, 1.54) is 11.8 Å². The van der Waals surface area contributed by atoms with Gasteiger partial charge in [-0.15, -0.1) is 11.8 Å². The zero-order chi connectivity index (χ0) is 19.0. The number of carboxylic acids is 1. The van der Waals surface area contributed by atoms with Gasteiger partial charge in [0.1, 0.15) is 17.5 Å². The van der Waals surface area contributed by atoms with Crippen molar-refractivity contribution in [2.75, 3.05) is 5.75 Å². The van der Waals surface area contributed by atoms with Crippen molar-refractivity contribution < 1.29 is 19.5 Å². The topological polar surface area (TPSA) is 86.7 Å². The number of aliphatic carboxylic acids is 1. The van der Waals surface area contributed by atoms with Gasteiger partial charge in [0.05, 0.1) is 0 Å². The molecular formula is C20H18N2O4S. The molecule has 0 saturated carbocycles. The van der Waals surface area contributed by atoms with Crippen LogP contribution in [0.15, 0.2) is 54.6 Å². The summed E-state index contributed by atoms with van der Waals surface area (Å²) in [6, 6.07) is 14.8. The molecule has 4 rings (SSSR count). The molecule has 0 spiro atoms. The molecule has 2 aliphatic rings. The Morgan fingerprint density at radius 2 is 1.85 bits per heavy atom. The van der Waals surface area contributed by atoms with Gasteiger partial charge in [-0.05, 0) is 17.2 Å². The molecule has 3 atom stereocenters. The summed E-state index contributed by atoms with van der Waals surface area (Å²) >= 11 is 1.53. The Hall–Kier alpha value is -2.80. The second-order valence-corrected chi connectivity index (χ2v) is 7.70. The van der Waals surface area contributed by atoms with Crippen molar-refractivity contribution in [1.29, 1.82) is 0 Å². The lowest BCUT2D eigenvalue weighted by atomic mass is 10.1. The van der Waals surface area contributed by atoms with Gasteiger partial charge in [0.25, 0.3) is 5.91 Å². The lowest BCUT2D eigenvalue weighted by molar-refractivity contribution is -0.142. The smallest absolute Gasteiger partial charge is 0.326 e. The summed E-state index contributed by atoms with van der Waals surface area (Å²) in [5.41, 5.74) is 2.36. The molecule has 2 aliphatic heterocycles. The molecule has 6 nitrogen and oxygen atoms in total. The minimum absolute atomic E-state index is 0.171. The molecule has 2 aromatic carbocycles. The Morgan fingerprint density at radius 3 is 2.59 bits per heavy atom. The van der Waals surface area contributed by atoms with E-state index in [4.69, 9.17) is 0 Å². The summed E-state index contributed by atoms with van der Waals surface area (Å²) in [7, 11) is 0.